The van der Waals surface area contributed by atoms with Crippen LogP contribution >= 0.6 is 0 Å². The van der Waals surface area contributed by atoms with Crippen molar-refractivity contribution >= 4 is 6.09 Å². The molecule has 0 bridgehead atoms. The lowest BCUT2D eigenvalue weighted by Crippen LogP contribution is -2.20. The molecule has 0 aliphatic heterocycles. The highest BCUT2D eigenvalue weighted by Gasteiger charge is 2.01. The molecule has 0 aliphatic rings. The normalized spacial score (nSPS) is 9.31. The molecule has 0 aromatic heterocycles. The van der Waals surface area contributed by atoms with Gasteiger partial charge in [-0.3, -0.25) is 5.32 Å². The van der Waals surface area contributed by atoms with Gasteiger partial charge in [-0.1, -0.05) is 31.9 Å². The maximum absolute atomic E-state index is 10.9. The maximum atomic E-state index is 10.9. The molecule has 3 nitrogen and oxygen atoms in total. The maximum Gasteiger partial charge on any atom is 0.416 e. The first kappa shape index (κ1) is 11.2. The Morgan fingerprint density at radius 2 is 2.08 bits per heavy atom. The predicted molar refractivity (Wildman–Crippen MR) is 52.9 cm³/mol. The molecule has 0 saturated carbocycles. The molecule has 1 amide bonds. The zero-order valence-electron chi connectivity index (χ0n) is 7.67. The highest BCUT2D eigenvalue weighted by atomic mass is 16.6. The van der Waals surface area contributed by atoms with Gasteiger partial charge in [0.25, 0.3) is 0 Å². The van der Waals surface area contributed by atoms with Crippen molar-refractivity contribution in [1.82, 2.24) is 5.32 Å². The number of carbonyl (C=O) groups excluding carboxylic acids is 1. The monoisotopic (exact) mass is 179 g/mol. The van der Waals surface area contributed by atoms with Crippen molar-refractivity contribution in [3.63, 3.8) is 0 Å². The smallest absolute Gasteiger partial charge is 0.411 e. The average molecular weight is 179 g/mol. The Morgan fingerprint density at radius 1 is 1.46 bits per heavy atom. The van der Waals surface area contributed by atoms with Crippen molar-refractivity contribution in [3.05, 3.63) is 49.4 Å². The van der Waals surface area contributed by atoms with Gasteiger partial charge in [0.2, 0.25) is 0 Å². The van der Waals surface area contributed by atoms with E-state index in [-0.39, 0.29) is 5.76 Å². The lowest BCUT2D eigenvalue weighted by molar-refractivity contribution is 0.182. The third-order valence-corrected chi connectivity index (χ3v) is 0.957. The molecule has 0 aliphatic carbocycles. The zero-order valence-corrected chi connectivity index (χ0v) is 7.67. The van der Waals surface area contributed by atoms with Gasteiger partial charge in [0.15, 0.2) is 0 Å². The van der Waals surface area contributed by atoms with E-state index in [0.717, 1.165) is 0 Å². The van der Waals surface area contributed by atoms with Crippen molar-refractivity contribution < 1.29 is 9.53 Å². The van der Waals surface area contributed by atoms with Crippen LogP contribution in [0.2, 0.25) is 0 Å². The van der Waals surface area contributed by atoms with Crippen LogP contribution in [-0.2, 0) is 4.74 Å². The molecule has 1 N–H and O–H groups in total. The summed E-state index contributed by atoms with van der Waals surface area (Å²) in [5.74, 6) is 0.249. The quantitative estimate of drug-likeness (QED) is 0.532. The van der Waals surface area contributed by atoms with Gasteiger partial charge in [-0.05, 0) is 13.0 Å². The summed E-state index contributed by atoms with van der Waals surface area (Å²) < 4.78 is 4.72. The molecular weight excluding hydrogens is 166 g/mol. The largest absolute Gasteiger partial charge is 0.416 e. The topological polar surface area (TPSA) is 38.3 Å². The highest BCUT2D eigenvalue weighted by molar-refractivity contribution is 5.70. The molecule has 0 aromatic rings. The van der Waals surface area contributed by atoms with Crippen LogP contribution in [-0.4, -0.2) is 6.09 Å². The van der Waals surface area contributed by atoms with Gasteiger partial charge in [0.05, 0.1) is 0 Å². The molecule has 3 heteroatoms. The van der Waals surface area contributed by atoms with Crippen LogP contribution in [0.25, 0.3) is 0 Å². The van der Waals surface area contributed by atoms with Crippen LogP contribution in [0.4, 0.5) is 4.79 Å². The summed E-state index contributed by atoms with van der Waals surface area (Å²) in [5.41, 5.74) is 0.519. The zero-order chi connectivity index (χ0) is 10.3. The number of carbonyl (C=O) groups is 1. The second-order valence-corrected chi connectivity index (χ2v) is 2.36. The van der Waals surface area contributed by atoms with Gasteiger partial charge in [0, 0.05) is 5.70 Å². The molecule has 13 heavy (non-hydrogen) atoms. The van der Waals surface area contributed by atoms with Crippen molar-refractivity contribution in [2.45, 2.75) is 6.92 Å². The minimum Gasteiger partial charge on any atom is -0.411 e. The average Bonchev–Trinajstić information content (AvgIpc) is 1.98. The van der Waals surface area contributed by atoms with E-state index in [1.54, 1.807) is 19.1 Å². The number of amides is 1. The summed E-state index contributed by atoms with van der Waals surface area (Å²) in [6, 6.07) is 0. The van der Waals surface area contributed by atoms with Gasteiger partial charge in [0.1, 0.15) is 5.76 Å². The van der Waals surface area contributed by atoms with E-state index < -0.39 is 6.09 Å². The number of rotatable bonds is 4. The SMILES string of the molecule is C=C/C=C\C(=C)OC(=O)NC(=C)C. The molecule has 0 aromatic carbocycles. The summed E-state index contributed by atoms with van der Waals surface area (Å²) in [6.07, 6.45) is 4.12. The third kappa shape index (κ3) is 6.62. The number of hydrogen-bond donors (Lipinski definition) is 1. The summed E-state index contributed by atoms with van der Waals surface area (Å²) in [5, 5.41) is 2.37. The van der Waals surface area contributed by atoms with Crippen molar-refractivity contribution in [3.8, 4) is 0 Å². The van der Waals surface area contributed by atoms with E-state index in [9.17, 15) is 4.79 Å². The van der Waals surface area contributed by atoms with Crippen LogP contribution in [0.3, 0.4) is 0 Å². The lowest BCUT2D eigenvalue weighted by Gasteiger charge is -2.04. The Labute approximate surface area is 78.1 Å². The third-order valence-electron chi connectivity index (χ3n) is 0.957. The van der Waals surface area contributed by atoms with Crippen LogP contribution in [0.5, 0.6) is 0 Å². The summed E-state index contributed by atoms with van der Waals surface area (Å²) in [6.45, 7) is 12.1. The van der Waals surface area contributed by atoms with E-state index in [0.29, 0.717) is 5.70 Å². The Balaban J connectivity index is 3.92. The number of nitrogens with one attached hydrogen (secondary N) is 1. The van der Waals surface area contributed by atoms with Crippen molar-refractivity contribution in [2.24, 2.45) is 0 Å². The van der Waals surface area contributed by atoms with E-state index in [4.69, 9.17) is 4.74 Å². The van der Waals surface area contributed by atoms with Crippen LogP contribution in [0.15, 0.2) is 49.4 Å². The second kappa shape index (κ2) is 5.83. The lowest BCUT2D eigenvalue weighted by atomic mass is 10.4. The molecule has 0 heterocycles. The fraction of sp³-hybridized carbons (Fsp3) is 0.100. The van der Waals surface area contributed by atoms with Crippen LogP contribution in [0, 0.1) is 0 Å². The Bertz CT molecular complexity index is 264. The minimum absolute atomic E-state index is 0.249. The predicted octanol–water partition coefficient (Wildman–Crippen LogP) is 2.50. The van der Waals surface area contributed by atoms with Crippen molar-refractivity contribution in [1.29, 1.82) is 0 Å². The van der Waals surface area contributed by atoms with Gasteiger partial charge in [-0.2, -0.15) is 0 Å². The first-order valence-corrected chi connectivity index (χ1v) is 3.68. The van der Waals surface area contributed by atoms with E-state index in [1.165, 1.54) is 6.08 Å². The summed E-state index contributed by atoms with van der Waals surface area (Å²) in [7, 11) is 0. The first-order valence-electron chi connectivity index (χ1n) is 3.68. The molecule has 0 atom stereocenters. The first-order chi connectivity index (χ1) is 6.06. The number of allylic oxidation sites excluding steroid dienone is 4. The fourth-order valence-electron chi connectivity index (χ4n) is 0.528. The Hall–Kier alpha value is -1.77. The minimum atomic E-state index is -0.591. The van der Waals surface area contributed by atoms with Gasteiger partial charge < -0.3 is 4.74 Å². The molecule has 0 rings (SSSR count). The Kier molecular flexibility index (Phi) is 5.03. The fourth-order valence-corrected chi connectivity index (χ4v) is 0.528. The van der Waals surface area contributed by atoms with E-state index in [2.05, 4.69) is 25.1 Å². The summed E-state index contributed by atoms with van der Waals surface area (Å²) >= 11 is 0. The molecule has 0 unspecified atom stereocenters. The molecule has 70 valence electrons. The molecular formula is C10H13NO2. The Morgan fingerprint density at radius 3 is 2.54 bits per heavy atom. The van der Waals surface area contributed by atoms with E-state index in [1.807, 2.05) is 0 Å². The number of hydrogen-bond acceptors (Lipinski definition) is 2. The van der Waals surface area contributed by atoms with E-state index >= 15 is 0 Å². The number of ether oxygens (including phenoxy) is 1. The molecule has 0 spiro atoms. The van der Waals surface area contributed by atoms with Crippen LogP contribution in [0.1, 0.15) is 6.92 Å². The van der Waals surface area contributed by atoms with Crippen LogP contribution < -0.4 is 5.32 Å². The molecule has 0 fully saturated rings. The van der Waals surface area contributed by atoms with Gasteiger partial charge >= 0.3 is 6.09 Å². The standard InChI is InChI=1S/C10H13NO2/c1-5-6-7-9(4)13-10(12)11-8(2)3/h5-7H,1-2,4H2,3H3,(H,11,12)/b7-6-. The van der Waals surface area contributed by atoms with Gasteiger partial charge in [-0.15, -0.1) is 0 Å². The highest BCUT2D eigenvalue weighted by Crippen LogP contribution is 1.97. The second-order valence-electron chi connectivity index (χ2n) is 2.36. The number of alkyl carbamates (subject to hydrolysis) is 1. The molecule has 0 saturated heterocycles. The van der Waals surface area contributed by atoms with Crippen molar-refractivity contribution in [2.75, 3.05) is 0 Å². The molecule has 0 radical (unpaired) electrons. The summed E-state index contributed by atoms with van der Waals surface area (Å²) in [4.78, 5) is 10.9. The van der Waals surface area contributed by atoms with Gasteiger partial charge in [-0.25, -0.2) is 4.79 Å².